The van der Waals surface area contributed by atoms with E-state index in [1.165, 1.54) is 5.56 Å². The molecule has 1 aromatic rings. The van der Waals surface area contributed by atoms with Crippen LogP contribution in [0.25, 0.3) is 0 Å². The summed E-state index contributed by atoms with van der Waals surface area (Å²) >= 11 is 0. The Bertz CT molecular complexity index is 391. The lowest BCUT2D eigenvalue weighted by Crippen LogP contribution is -2.19. The standard InChI is InChI=1S/C15H25N3O/c1-11-14(7-4-8-16-3)12(2)18-15(17-11)13-6-5-9-19-10-13/h13,16H,4-10H2,1-3H3. The van der Waals surface area contributed by atoms with Crippen molar-refractivity contribution < 1.29 is 4.74 Å². The summed E-state index contributed by atoms with van der Waals surface area (Å²) in [5, 5.41) is 3.18. The average molecular weight is 263 g/mol. The summed E-state index contributed by atoms with van der Waals surface area (Å²) in [5.74, 6) is 1.37. The van der Waals surface area contributed by atoms with E-state index in [1.807, 2.05) is 7.05 Å². The average Bonchev–Trinajstić information content (AvgIpc) is 2.43. The predicted molar refractivity (Wildman–Crippen MR) is 76.5 cm³/mol. The van der Waals surface area contributed by atoms with Crippen LogP contribution in [0.5, 0.6) is 0 Å². The van der Waals surface area contributed by atoms with Gasteiger partial charge in [0.05, 0.1) is 6.61 Å². The summed E-state index contributed by atoms with van der Waals surface area (Å²) in [4.78, 5) is 9.45. The zero-order valence-corrected chi connectivity index (χ0v) is 12.3. The number of aryl methyl sites for hydroxylation is 2. The van der Waals surface area contributed by atoms with Gasteiger partial charge in [0.15, 0.2) is 0 Å². The topological polar surface area (TPSA) is 47.0 Å². The van der Waals surface area contributed by atoms with Crippen molar-refractivity contribution in [3.8, 4) is 0 Å². The first kappa shape index (κ1) is 14.4. The highest BCUT2D eigenvalue weighted by Crippen LogP contribution is 2.24. The van der Waals surface area contributed by atoms with E-state index >= 15 is 0 Å². The first-order valence-electron chi connectivity index (χ1n) is 7.28. The van der Waals surface area contributed by atoms with E-state index in [0.717, 1.165) is 62.7 Å². The van der Waals surface area contributed by atoms with Crippen molar-refractivity contribution in [2.75, 3.05) is 26.8 Å². The van der Waals surface area contributed by atoms with Crippen molar-refractivity contribution in [1.82, 2.24) is 15.3 Å². The lowest BCUT2D eigenvalue weighted by molar-refractivity contribution is 0.0779. The van der Waals surface area contributed by atoms with Crippen molar-refractivity contribution in [3.63, 3.8) is 0 Å². The third kappa shape index (κ3) is 3.74. The minimum absolute atomic E-state index is 0.387. The summed E-state index contributed by atoms with van der Waals surface area (Å²) in [6.45, 7) is 6.92. The molecule has 2 heterocycles. The molecule has 19 heavy (non-hydrogen) atoms. The highest BCUT2D eigenvalue weighted by atomic mass is 16.5. The highest BCUT2D eigenvalue weighted by Gasteiger charge is 2.20. The van der Waals surface area contributed by atoms with Crippen molar-refractivity contribution in [3.05, 3.63) is 22.8 Å². The summed E-state index contributed by atoms with van der Waals surface area (Å²) in [7, 11) is 1.99. The Balaban J connectivity index is 2.11. The van der Waals surface area contributed by atoms with E-state index in [1.54, 1.807) is 0 Å². The maximum Gasteiger partial charge on any atom is 0.134 e. The summed E-state index contributed by atoms with van der Waals surface area (Å²) in [6.07, 6.45) is 4.46. The Hall–Kier alpha value is -1.00. The van der Waals surface area contributed by atoms with E-state index in [-0.39, 0.29) is 0 Å². The first-order chi connectivity index (χ1) is 9.22. The molecule has 0 saturated carbocycles. The molecule has 1 N–H and O–H groups in total. The van der Waals surface area contributed by atoms with E-state index in [2.05, 4.69) is 19.2 Å². The molecule has 4 heteroatoms. The zero-order chi connectivity index (χ0) is 13.7. The lowest BCUT2D eigenvalue weighted by Gasteiger charge is -2.22. The summed E-state index contributed by atoms with van der Waals surface area (Å²) in [6, 6.07) is 0. The van der Waals surface area contributed by atoms with Gasteiger partial charge in [0.1, 0.15) is 5.82 Å². The molecule has 0 aromatic carbocycles. The fourth-order valence-corrected chi connectivity index (χ4v) is 2.70. The van der Waals surface area contributed by atoms with Gasteiger partial charge in [0.25, 0.3) is 0 Å². The van der Waals surface area contributed by atoms with Gasteiger partial charge < -0.3 is 10.1 Å². The van der Waals surface area contributed by atoms with Crippen LogP contribution < -0.4 is 5.32 Å². The lowest BCUT2D eigenvalue weighted by atomic mass is 10.00. The second-order valence-corrected chi connectivity index (χ2v) is 5.35. The number of aromatic nitrogens is 2. The van der Waals surface area contributed by atoms with Crippen LogP contribution in [-0.2, 0) is 11.2 Å². The number of hydrogen-bond acceptors (Lipinski definition) is 4. The molecule has 1 aliphatic heterocycles. The first-order valence-corrected chi connectivity index (χ1v) is 7.28. The van der Waals surface area contributed by atoms with Crippen LogP contribution in [0.3, 0.4) is 0 Å². The molecule has 0 spiro atoms. The number of rotatable bonds is 5. The van der Waals surface area contributed by atoms with Gasteiger partial charge >= 0.3 is 0 Å². The van der Waals surface area contributed by atoms with E-state index < -0.39 is 0 Å². The smallest absolute Gasteiger partial charge is 0.134 e. The third-order valence-electron chi connectivity index (χ3n) is 3.82. The quantitative estimate of drug-likeness (QED) is 0.827. The fraction of sp³-hybridized carbons (Fsp3) is 0.733. The van der Waals surface area contributed by atoms with Gasteiger partial charge in [-0.25, -0.2) is 9.97 Å². The summed E-state index contributed by atoms with van der Waals surface area (Å²) < 4.78 is 5.54. The zero-order valence-electron chi connectivity index (χ0n) is 12.3. The monoisotopic (exact) mass is 263 g/mol. The van der Waals surface area contributed by atoms with Crippen LogP contribution in [0.15, 0.2) is 0 Å². The van der Waals surface area contributed by atoms with Crippen molar-refractivity contribution >= 4 is 0 Å². The number of nitrogens with one attached hydrogen (secondary N) is 1. The molecule has 1 aliphatic rings. The van der Waals surface area contributed by atoms with Crippen LogP contribution in [-0.4, -0.2) is 36.8 Å². The number of ether oxygens (including phenoxy) is 1. The van der Waals surface area contributed by atoms with Gasteiger partial charge in [-0.05, 0) is 58.7 Å². The van der Waals surface area contributed by atoms with Crippen molar-refractivity contribution in [2.24, 2.45) is 0 Å². The SMILES string of the molecule is CNCCCc1c(C)nc(C2CCCOC2)nc1C. The van der Waals surface area contributed by atoms with Crippen molar-refractivity contribution in [2.45, 2.75) is 45.4 Å². The summed E-state index contributed by atoms with van der Waals surface area (Å²) in [5.41, 5.74) is 3.60. The maximum absolute atomic E-state index is 5.54. The van der Waals surface area contributed by atoms with Gasteiger partial charge in [-0.15, -0.1) is 0 Å². The molecule has 1 atom stereocenters. The molecule has 1 fully saturated rings. The number of hydrogen-bond donors (Lipinski definition) is 1. The second-order valence-electron chi connectivity index (χ2n) is 5.35. The van der Waals surface area contributed by atoms with Gasteiger partial charge in [-0.1, -0.05) is 0 Å². The van der Waals surface area contributed by atoms with E-state index in [0.29, 0.717) is 5.92 Å². The molecule has 4 nitrogen and oxygen atoms in total. The van der Waals surface area contributed by atoms with Crippen LogP contribution in [0.2, 0.25) is 0 Å². The minimum Gasteiger partial charge on any atom is -0.381 e. The molecular formula is C15H25N3O. The molecule has 1 saturated heterocycles. The van der Waals surface area contributed by atoms with E-state index in [9.17, 15) is 0 Å². The van der Waals surface area contributed by atoms with Gasteiger partial charge in [-0.3, -0.25) is 0 Å². The van der Waals surface area contributed by atoms with Gasteiger partial charge in [-0.2, -0.15) is 0 Å². The molecule has 106 valence electrons. The Morgan fingerprint density at radius 3 is 2.58 bits per heavy atom. The minimum atomic E-state index is 0.387. The number of nitrogens with zero attached hydrogens (tertiary/aromatic N) is 2. The molecule has 1 unspecified atom stereocenters. The Morgan fingerprint density at radius 1 is 1.26 bits per heavy atom. The van der Waals surface area contributed by atoms with Crippen LogP contribution in [0.1, 0.15) is 48.0 Å². The largest absolute Gasteiger partial charge is 0.381 e. The van der Waals surface area contributed by atoms with Crippen LogP contribution in [0.4, 0.5) is 0 Å². The molecule has 0 bridgehead atoms. The predicted octanol–water partition coefficient (Wildman–Crippen LogP) is 2.14. The Labute approximate surface area is 116 Å². The van der Waals surface area contributed by atoms with Crippen LogP contribution in [0, 0.1) is 13.8 Å². The Morgan fingerprint density at radius 2 is 2.00 bits per heavy atom. The van der Waals surface area contributed by atoms with Crippen molar-refractivity contribution in [1.29, 1.82) is 0 Å². The maximum atomic E-state index is 5.54. The highest BCUT2D eigenvalue weighted by molar-refractivity contribution is 5.25. The van der Waals surface area contributed by atoms with E-state index in [4.69, 9.17) is 14.7 Å². The second kappa shape index (κ2) is 6.96. The fourth-order valence-electron chi connectivity index (χ4n) is 2.70. The molecule has 0 amide bonds. The molecule has 1 aromatic heterocycles. The molecule has 2 rings (SSSR count). The van der Waals surface area contributed by atoms with Crippen LogP contribution >= 0.6 is 0 Å². The van der Waals surface area contributed by atoms with Gasteiger partial charge in [0.2, 0.25) is 0 Å². The molecule has 0 radical (unpaired) electrons. The molecule has 0 aliphatic carbocycles. The Kier molecular flexibility index (Phi) is 5.28. The third-order valence-corrected chi connectivity index (χ3v) is 3.82. The van der Waals surface area contributed by atoms with Gasteiger partial charge in [0, 0.05) is 23.9 Å². The molecular weight excluding hydrogens is 238 g/mol. The normalized spacial score (nSPS) is 19.6.